The molecule has 0 aromatic heterocycles. The fourth-order valence-corrected chi connectivity index (χ4v) is 40.3. The van der Waals surface area contributed by atoms with Crippen LogP contribution >= 0.6 is 127 Å². The molecule has 0 radical (unpaired) electrons. The van der Waals surface area contributed by atoms with E-state index >= 15 is 13.7 Å². The molecule has 0 aliphatic carbocycles. The van der Waals surface area contributed by atoms with Gasteiger partial charge in [0.05, 0.1) is 98.5 Å². The average molecular weight is 1810 g/mol. The number of hydrogen-bond acceptors (Lipinski definition) is 30. The van der Waals surface area contributed by atoms with Crippen LogP contribution in [-0.2, 0) is 105 Å². The van der Waals surface area contributed by atoms with Gasteiger partial charge in [-0.05, 0) is 282 Å². The molecule has 0 heterocycles. The minimum atomic E-state index is -4.38. The van der Waals surface area contributed by atoms with Crippen LogP contribution in [0.2, 0.25) is 0 Å². The van der Waals surface area contributed by atoms with Crippen molar-refractivity contribution in [1.29, 1.82) is 0 Å². The lowest BCUT2D eigenvalue weighted by atomic mass is 10.1. The summed E-state index contributed by atoms with van der Waals surface area (Å²) in [5, 5.41) is 0. The number of rotatable bonds is 67. The lowest BCUT2D eigenvalue weighted by molar-refractivity contribution is -0.142. The Hall–Kier alpha value is 2.97. The standard InChI is InChI=1S/C71H149O23P7S7/c1-32-80-71(72)33-34-102-95(73,89-65(26)43-107-100(78,91-67(28)45-103-96(74,81-57(18)35-49(2)3)82-58(19)36-50(4)5)92-68(29)46-104-97(75,83-59(20)37-51(6)7)84-60(21)38-52(8)9)90-66(27)44-108-101(79,93-69(30)47-105-98(76,85-61(22)39-53(10)11)86-62(23)40-54(12)13)94-70(31)48-106-99(77,87-63(24)41-55(14)15)88-64(25)42-56(16)17/h49-70H,32-48H2,1-31H3. The van der Waals surface area contributed by atoms with Gasteiger partial charge in [-0.2, -0.15) is 0 Å². The summed E-state index contributed by atoms with van der Waals surface area (Å²) < 4.78 is 199. The Kier molecular flexibility index (Phi) is 57.3. The molecule has 0 amide bonds. The molecule has 0 aliphatic rings. The van der Waals surface area contributed by atoms with E-state index in [2.05, 4.69) is 111 Å². The lowest BCUT2D eigenvalue weighted by Gasteiger charge is -2.30. The van der Waals surface area contributed by atoms with Crippen LogP contribution in [0.3, 0.4) is 0 Å². The fourth-order valence-electron chi connectivity index (χ4n) is 11.2. The molecule has 0 rings (SSSR count). The maximum Gasteiger partial charge on any atom is 0.389 e. The van der Waals surface area contributed by atoms with Gasteiger partial charge in [-0.3, -0.25) is 68.1 Å². The van der Waals surface area contributed by atoms with E-state index < -0.39 is 139 Å². The van der Waals surface area contributed by atoms with Crippen molar-refractivity contribution in [3.63, 3.8) is 0 Å². The molecule has 23 nitrogen and oxygen atoms in total. The smallest absolute Gasteiger partial charge is 0.389 e. The Morgan fingerprint density at radius 2 is 0.352 bits per heavy atom. The SMILES string of the molecule is CCOC(=O)CCSP(=O)(OC(C)CSP(=O)(OC(C)CSP(=O)(OC(C)CC(C)C)OC(C)CC(C)C)OC(C)CSP(=O)(OC(C)CC(C)C)OC(C)CC(C)C)OC(C)CSP(=O)(OC(C)CSP(=O)(OC(C)CC(C)C)OC(C)CC(C)C)OC(C)CSP(=O)(OC(C)CC(C)C)OC(C)CC(C)C. The van der Waals surface area contributed by atoms with Crippen molar-refractivity contribution in [1.82, 2.24) is 0 Å². The molecular formula is C71H149O23P7S7. The second kappa shape index (κ2) is 55.8. The lowest BCUT2D eigenvalue weighted by Crippen LogP contribution is -2.19. The predicted molar refractivity (Wildman–Crippen MR) is 465 cm³/mol. The van der Waals surface area contributed by atoms with Gasteiger partial charge in [0.25, 0.3) is 0 Å². The van der Waals surface area contributed by atoms with Crippen molar-refractivity contribution in [3.8, 4) is 0 Å². The molecule has 0 spiro atoms. The predicted octanol–water partition coefficient (Wildman–Crippen LogP) is 27.9. The first-order chi connectivity index (χ1) is 49.5. The number of esters is 1. The minimum absolute atomic E-state index is 0.0000321. The molecular weight excluding hydrogens is 1660 g/mol. The topological polar surface area (TPSA) is 275 Å². The first kappa shape index (κ1) is 111. The van der Waals surface area contributed by atoms with Crippen LogP contribution in [0, 0.1) is 47.3 Å². The molecule has 108 heavy (non-hydrogen) atoms. The Balaban J connectivity index is 7.75. The van der Waals surface area contributed by atoms with E-state index in [1.165, 1.54) is 0 Å². The molecule has 0 aromatic rings. The second-order valence-electron chi connectivity index (χ2n) is 32.2. The molecule has 0 aromatic carbocycles. The average Bonchev–Trinajstić information content (AvgIpc) is 0.837. The van der Waals surface area contributed by atoms with E-state index in [-0.39, 0.29) is 101 Å². The Morgan fingerprint density at radius 1 is 0.222 bits per heavy atom. The highest BCUT2D eigenvalue weighted by Crippen LogP contribution is 2.71. The first-order valence-electron chi connectivity index (χ1n) is 39.0. The third-order valence-electron chi connectivity index (χ3n) is 14.4. The maximum absolute atomic E-state index is 15.6. The van der Waals surface area contributed by atoms with Crippen molar-refractivity contribution in [3.05, 3.63) is 0 Å². The summed E-state index contributed by atoms with van der Waals surface area (Å²) in [7, 11) is 0. The molecule has 0 saturated carbocycles. The van der Waals surface area contributed by atoms with Crippen molar-refractivity contribution in [2.24, 2.45) is 47.3 Å². The van der Waals surface area contributed by atoms with Gasteiger partial charge in [0.1, 0.15) is 0 Å². The summed E-state index contributed by atoms with van der Waals surface area (Å²) in [5.41, 5.74) is 0. The molecule has 648 valence electrons. The first-order valence-corrected chi connectivity index (χ1v) is 60.9. The summed E-state index contributed by atoms with van der Waals surface area (Å²) in [4.78, 5) is 12.8. The molecule has 14 atom stereocenters. The van der Waals surface area contributed by atoms with Crippen LogP contribution in [0.1, 0.15) is 272 Å². The van der Waals surface area contributed by atoms with Crippen molar-refractivity contribution in [2.45, 2.75) is 358 Å². The van der Waals surface area contributed by atoms with E-state index in [0.29, 0.717) is 51.4 Å². The van der Waals surface area contributed by atoms with Gasteiger partial charge in [-0.25, -0.2) is 32.0 Å². The van der Waals surface area contributed by atoms with E-state index in [4.69, 9.17) is 68.1 Å². The van der Waals surface area contributed by atoms with Gasteiger partial charge in [0.2, 0.25) is 0 Å². The largest absolute Gasteiger partial charge is 0.466 e. The van der Waals surface area contributed by atoms with Crippen molar-refractivity contribution < 1.29 is 105 Å². The number of carbonyl (C=O) groups is 1. The van der Waals surface area contributed by atoms with Crippen LogP contribution in [0.5, 0.6) is 0 Å². The highest BCUT2D eigenvalue weighted by atomic mass is 32.7. The molecule has 14 unspecified atom stereocenters. The van der Waals surface area contributed by atoms with Gasteiger partial charge in [-0.1, -0.05) is 111 Å². The monoisotopic (exact) mass is 1810 g/mol. The van der Waals surface area contributed by atoms with Gasteiger partial charge in [0, 0.05) is 40.3 Å². The molecule has 0 N–H and O–H groups in total. The number of hydrogen-bond donors (Lipinski definition) is 0. The summed E-state index contributed by atoms with van der Waals surface area (Å²) in [6.45, 7) is 30.8. The number of ether oxygens (including phenoxy) is 1. The highest BCUT2D eigenvalue weighted by molar-refractivity contribution is 8.57. The van der Waals surface area contributed by atoms with Gasteiger partial charge >= 0.3 is 53.6 Å². The van der Waals surface area contributed by atoms with E-state index in [0.717, 1.165) is 79.7 Å². The Morgan fingerprint density at radius 3 is 0.481 bits per heavy atom. The van der Waals surface area contributed by atoms with Gasteiger partial charge in [0.15, 0.2) is 0 Å². The third-order valence-corrected chi connectivity index (χ3v) is 42.9. The summed E-state index contributed by atoms with van der Waals surface area (Å²) in [6.07, 6.45) is -4.08. The van der Waals surface area contributed by atoms with E-state index in [9.17, 15) is 23.1 Å². The van der Waals surface area contributed by atoms with Gasteiger partial charge < -0.3 is 4.74 Å². The van der Waals surface area contributed by atoms with Crippen LogP contribution in [0.15, 0.2) is 0 Å². The minimum Gasteiger partial charge on any atom is -0.466 e. The molecule has 0 saturated heterocycles. The Labute approximate surface area is 684 Å². The zero-order valence-electron chi connectivity index (χ0n) is 71.6. The quantitative estimate of drug-likeness (QED) is 0.0404. The zero-order chi connectivity index (χ0) is 83.4. The maximum atomic E-state index is 15.6. The van der Waals surface area contributed by atoms with Crippen LogP contribution in [0.4, 0.5) is 0 Å². The highest BCUT2D eigenvalue weighted by Gasteiger charge is 2.43. The zero-order valence-corrected chi connectivity index (χ0v) is 83.6. The van der Waals surface area contributed by atoms with Crippen LogP contribution in [0.25, 0.3) is 0 Å². The van der Waals surface area contributed by atoms with Gasteiger partial charge in [-0.15, -0.1) is 0 Å². The second-order valence-corrected chi connectivity index (χ2v) is 60.4. The molecule has 0 fully saturated rings. The van der Waals surface area contributed by atoms with Crippen LogP contribution in [-0.4, -0.2) is 138 Å². The number of carbonyl (C=O) groups excluding carboxylic acids is 1. The van der Waals surface area contributed by atoms with Crippen LogP contribution < -0.4 is 0 Å². The molecule has 0 bridgehead atoms. The molecule has 37 heteroatoms. The normalized spacial score (nSPS) is 20.7. The van der Waals surface area contributed by atoms with Crippen molar-refractivity contribution in [2.75, 3.05) is 46.9 Å². The van der Waals surface area contributed by atoms with E-state index in [1.54, 1.807) is 48.5 Å². The fraction of sp³-hybridized carbons (Fsp3) is 0.986. The summed E-state index contributed by atoms with van der Waals surface area (Å²) in [6, 6.07) is 0. The summed E-state index contributed by atoms with van der Waals surface area (Å²) >= 11 is 6.10. The van der Waals surface area contributed by atoms with E-state index in [1.807, 2.05) is 55.4 Å². The third kappa shape index (κ3) is 55.7. The molecule has 0 aliphatic heterocycles. The Bertz CT molecular complexity index is 2410. The van der Waals surface area contributed by atoms with Crippen molar-refractivity contribution >= 4 is 133 Å². The summed E-state index contributed by atoms with van der Waals surface area (Å²) in [5.74, 6) is 1.04.